The van der Waals surface area contributed by atoms with Crippen molar-refractivity contribution < 1.29 is 4.39 Å². The number of hydrogen-bond acceptors (Lipinski definition) is 1. The van der Waals surface area contributed by atoms with Gasteiger partial charge in [0.1, 0.15) is 5.82 Å². The van der Waals surface area contributed by atoms with E-state index >= 15 is 0 Å². The standard InChI is InChI=1S/C13H10Cl2FN/c14-9-5-4-8(7-17)10(6-9)13-11(15)2-1-3-12(13)16/h1-6H,7,17H2. The molecule has 0 radical (unpaired) electrons. The number of halogens is 3. The Bertz CT molecular complexity index is 535. The van der Waals surface area contributed by atoms with Gasteiger partial charge in [-0.1, -0.05) is 35.3 Å². The third kappa shape index (κ3) is 2.44. The number of nitrogens with two attached hydrogens (primary N) is 1. The molecule has 2 aromatic carbocycles. The molecule has 4 heteroatoms. The predicted molar refractivity (Wildman–Crippen MR) is 69.7 cm³/mol. The normalized spacial score (nSPS) is 10.6. The summed E-state index contributed by atoms with van der Waals surface area (Å²) in [6, 6.07) is 9.74. The van der Waals surface area contributed by atoms with Gasteiger partial charge < -0.3 is 5.73 Å². The van der Waals surface area contributed by atoms with Gasteiger partial charge in [0.15, 0.2) is 0 Å². The third-order valence-electron chi connectivity index (χ3n) is 2.52. The summed E-state index contributed by atoms with van der Waals surface area (Å²) in [5.41, 5.74) is 7.42. The van der Waals surface area contributed by atoms with Gasteiger partial charge in [-0.05, 0) is 35.4 Å². The van der Waals surface area contributed by atoms with Crippen molar-refractivity contribution in [2.75, 3.05) is 0 Å². The van der Waals surface area contributed by atoms with E-state index in [0.29, 0.717) is 27.7 Å². The summed E-state index contributed by atoms with van der Waals surface area (Å²) >= 11 is 11.9. The van der Waals surface area contributed by atoms with E-state index in [9.17, 15) is 4.39 Å². The van der Waals surface area contributed by atoms with Gasteiger partial charge in [0.05, 0.1) is 5.02 Å². The van der Waals surface area contributed by atoms with Crippen molar-refractivity contribution in [3.05, 3.63) is 57.8 Å². The first-order valence-electron chi connectivity index (χ1n) is 5.06. The molecule has 0 aromatic heterocycles. The summed E-state index contributed by atoms with van der Waals surface area (Å²) in [7, 11) is 0. The first kappa shape index (κ1) is 12.4. The molecule has 0 aliphatic rings. The predicted octanol–water partition coefficient (Wildman–Crippen LogP) is 4.26. The Labute approximate surface area is 109 Å². The molecular weight excluding hydrogens is 260 g/mol. The van der Waals surface area contributed by atoms with Crippen LogP contribution < -0.4 is 5.73 Å². The molecule has 0 aliphatic heterocycles. The minimum Gasteiger partial charge on any atom is -0.326 e. The zero-order valence-electron chi connectivity index (χ0n) is 8.88. The Morgan fingerprint density at radius 3 is 2.53 bits per heavy atom. The molecule has 0 spiro atoms. The number of benzene rings is 2. The fourth-order valence-corrected chi connectivity index (χ4v) is 2.15. The average Bonchev–Trinajstić information content (AvgIpc) is 2.29. The zero-order chi connectivity index (χ0) is 12.4. The van der Waals surface area contributed by atoms with E-state index in [1.54, 1.807) is 30.3 Å². The van der Waals surface area contributed by atoms with Crippen LogP contribution in [-0.2, 0) is 6.54 Å². The van der Waals surface area contributed by atoms with Crippen LogP contribution in [0.5, 0.6) is 0 Å². The second-order valence-electron chi connectivity index (χ2n) is 3.60. The smallest absolute Gasteiger partial charge is 0.132 e. The summed E-state index contributed by atoms with van der Waals surface area (Å²) in [4.78, 5) is 0. The summed E-state index contributed by atoms with van der Waals surface area (Å²) in [5.74, 6) is -0.380. The van der Waals surface area contributed by atoms with E-state index in [1.165, 1.54) is 6.07 Å². The maximum Gasteiger partial charge on any atom is 0.132 e. The highest BCUT2D eigenvalue weighted by atomic mass is 35.5. The molecule has 0 unspecified atom stereocenters. The molecule has 2 rings (SSSR count). The Balaban J connectivity index is 2.71. The van der Waals surface area contributed by atoms with Crippen molar-refractivity contribution in [2.45, 2.75) is 6.54 Å². The summed E-state index contributed by atoms with van der Waals surface area (Å²) in [6.45, 7) is 0.303. The second kappa shape index (κ2) is 5.05. The van der Waals surface area contributed by atoms with Crippen LogP contribution >= 0.6 is 23.2 Å². The molecule has 2 N–H and O–H groups in total. The van der Waals surface area contributed by atoms with Crippen molar-refractivity contribution in [1.82, 2.24) is 0 Å². The fourth-order valence-electron chi connectivity index (χ4n) is 1.71. The van der Waals surface area contributed by atoms with Gasteiger partial charge in [-0.3, -0.25) is 0 Å². The molecule has 0 aliphatic carbocycles. The molecule has 0 amide bonds. The fraction of sp³-hybridized carbons (Fsp3) is 0.0769. The van der Waals surface area contributed by atoms with Gasteiger partial charge in [0.25, 0.3) is 0 Å². The van der Waals surface area contributed by atoms with Crippen molar-refractivity contribution in [3.63, 3.8) is 0 Å². The van der Waals surface area contributed by atoms with Gasteiger partial charge in [-0.2, -0.15) is 0 Å². The largest absolute Gasteiger partial charge is 0.326 e. The Morgan fingerprint density at radius 1 is 1.12 bits per heavy atom. The average molecular weight is 270 g/mol. The highest BCUT2D eigenvalue weighted by Gasteiger charge is 2.13. The van der Waals surface area contributed by atoms with E-state index in [2.05, 4.69) is 0 Å². The zero-order valence-corrected chi connectivity index (χ0v) is 10.4. The molecule has 0 saturated heterocycles. The van der Waals surface area contributed by atoms with E-state index in [0.717, 1.165) is 5.56 Å². The van der Waals surface area contributed by atoms with Gasteiger partial charge >= 0.3 is 0 Å². The molecular formula is C13H10Cl2FN. The molecule has 0 heterocycles. The first-order chi connectivity index (χ1) is 8.13. The minimum absolute atomic E-state index is 0.303. The molecule has 0 saturated carbocycles. The van der Waals surface area contributed by atoms with Crippen LogP contribution in [0.2, 0.25) is 10.0 Å². The molecule has 17 heavy (non-hydrogen) atoms. The molecule has 0 atom stereocenters. The first-order valence-corrected chi connectivity index (χ1v) is 5.82. The highest BCUT2D eigenvalue weighted by molar-refractivity contribution is 6.34. The lowest BCUT2D eigenvalue weighted by Gasteiger charge is -2.11. The third-order valence-corrected chi connectivity index (χ3v) is 3.07. The molecule has 1 nitrogen and oxygen atoms in total. The van der Waals surface area contributed by atoms with Crippen molar-refractivity contribution in [1.29, 1.82) is 0 Å². The molecule has 88 valence electrons. The number of rotatable bonds is 2. The van der Waals surface area contributed by atoms with E-state index in [1.807, 2.05) is 0 Å². The lowest BCUT2D eigenvalue weighted by atomic mass is 9.99. The van der Waals surface area contributed by atoms with E-state index in [4.69, 9.17) is 28.9 Å². The maximum atomic E-state index is 13.8. The van der Waals surface area contributed by atoms with Crippen molar-refractivity contribution in [3.8, 4) is 11.1 Å². The van der Waals surface area contributed by atoms with Crippen molar-refractivity contribution >= 4 is 23.2 Å². The monoisotopic (exact) mass is 269 g/mol. The Hall–Kier alpha value is -1.09. The van der Waals surface area contributed by atoms with Crippen LogP contribution in [0.1, 0.15) is 5.56 Å². The van der Waals surface area contributed by atoms with Gasteiger partial charge in [0.2, 0.25) is 0 Å². The quantitative estimate of drug-likeness (QED) is 0.866. The van der Waals surface area contributed by atoms with Crippen LogP contribution in [0.3, 0.4) is 0 Å². The van der Waals surface area contributed by atoms with Crippen LogP contribution in [0.25, 0.3) is 11.1 Å². The summed E-state index contributed by atoms with van der Waals surface area (Å²) in [5, 5.41) is 0.874. The van der Waals surface area contributed by atoms with Gasteiger partial charge in [0, 0.05) is 17.1 Å². The van der Waals surface area contributed by atoms with Crippen LogP contribution in [0, 0.1) is 5.82 Å². The topological polar surface area (TPSA) is 26.0 Å². The van der Waals surface area contributed by atoms with Gasteiger partial charge in [-0.15, -0.1) is 0 Å². The Morgan fingerprint density at radius 2 is 1.88 bits per heavy atom. The summed E-state index contributed by atoms with van der Waals surface area (Å²) < 4.78 is 13.8. The maximum absolute atomic E-state index is 13.8. The lowest BCUT2D eigenvalue weighted by molar-refractivity contribution is 0.631. The van der Waals surface area contributed by atoms with Crippen molar-refractivity contribution in [2.24, 2.45) is 5.73 Å². The lowest BCUT2D eigenvalue weighted by Crippen LogP contribution is -2.00. The Kier molecular flexibility index (Phi) is 3.67. The van der Waals surface area contributed by atoms with E-state index in [-0.39, 0.29) is 5.82 Å². The molecule has 2 aromatic rings. The SMILES string of the molecule is NCc1ccc(Cl)cc1-c1c(F)cccc1Cl. The highest BCUT2D eigenvalue weighted by Crippen LogP contribution is 2.34. The second-order valence-corrected chi connectivity index (χ2v) is 4.45. The molecule has 0 bridgehead atoms. The van der Waals surface area contributed by atoms with Gasteiger partial charge in [-0.25, -0.2) is 4.39 Å². The summed E-state index contributed by atoms with van der Waals surface area (Å²) in [6.07, 6.45) is 0. The van der Waals surface area contributed by atoms with E-state index < -0.39 is 0 Å². The van der Waals surface area contributed by atoms with Crippen LogP contribution in [0.15, 0.2) is 36.4 Å². The van der Waals surface area contributed by atoms with Crippen LogP contribution in [-0.4, -0.2) is 0 Å². The molecule has 0 fully saturated rings. The minimum atomic E-state index is -0.380. The van der Waals surface area contributed by atoms with Crippen LogP contribution in [0.4, 0.5) is 4.39 Å². The number of hydrogen-bond donors (Lipinski definition) is 1.